The van der Waals surface area contributed by atoms with E-state index in [1.807, 2.05) is 0 Å². The third kappa shape index (κ3) is 8.77. The molecule has 0 aromatic heterocycles. The van der Waals surface area contributed by atoms with E-state index in [1.165, 1.54) is 37.9 Å². The molecule has 0 aromatic carbocycles. The molecule has 0 aliphatic heterocycles. The van der Waals surface area contributed by atoms with Crippen molar-refractivity contribution in [3.05, 3.63) is 0 Å². The molecule has 0 aliphatic carbocycles. The Morgan fingerprint density at radius 2 is 2.00 bits per heavy atom. The smallest absolute Gasteiger partial charge is 0.303 e. The molecule has 0 bridgehead atoms. The number of hydrogen-bond acceptors (Lipinski definition) is 4. The summed E-state index contributed by atoms with van der Waals surface area (Å²) in [7, 11) is 0. The molecule has 0 rings (SSSR count). The Morgan fingerprint density at radius 1 is 1.31 bits per heavy atom. The van der Waals surface area contributed by atoms with Crippen LogP contribution in [0.1, 0.15) is 46.5 Å². The SMILES string of the molecule is CCCCC(CC)CSC(=O)COC(C)=O. The molecule has 1 atom stereocenters. The van der Waals surface area contributed by atoms with Crippen LogP contribution in [0.2, 0.25) is 0 Å². The highest BCUT2D eigenvalue weighted by atomic mass is 32.2. The average molecular weight is 246 g/mol. The maximum absolute atomic E-state index is 11.3. The third-order valence-corrected chi connectivity index (χ3v) is 3.49. The zero-order chi connectivity index (χ0) is 12.4. The lowest BCUT2D eigenvalue weighted by Crippen LogP contribution is -2.11. The van der Waals surface area contributed by atoms with E-state index in [1.54, 1.807) is 0 Å². The van der Waals surface area contributed by atoms with E-state index in [-0.39, 0.29) is 11.7 Å². The van der Waals surface area contributed by atoms with Crippen molar-refractivity contribution in [2.75, 3.05) is 12.4 Å². The van der Waals surface area contributed by atoms with Gasteiger partial charge in [-0.2, -0.15) is 0 Å². The molecule has 94 valence electrons. The number of carbonyl (C=O) groups excluding carboxylic acids is 2. The van der Waals surface area contributed by atoms with Crippen LogP contribution >= 0.6 is 11.8 Å². The van der Waals surface area contributed by atoms with Crippen molar-refractivity contribution in [3.8, 4) is 0 Å². The summed E-state index contributed by atoms with van der Waals surface area (Å²) in [6.07, 6.45) is 4.70. The van der Waals surface area contributed by atoms with Crippen molar-refractivity contribution in [3.63, 3.8) is 0 Å². The second-order valence-corrected chi connectivity index (χ2v) is 4.96. The summed E-state index contributed by atoms with van der Waals surface area (Å²) in [5.41, 5.74) is 0. The largest absolute Gasteiger partial charge is 0.457 e. The molecule has 0 aliphatic rings. The second-order valence-electron chi connectivity index (χ2n) is 3.88. The van der Waals surface area contributed by atoms with Gasteiger partial charge in [0.15, 0.2) is 6.61 Å². The van der Waals surface area contributed by atoms with E-state index in [0.29, 0.717) is 5.92 Å². The van der Waals surface area contributed by atoms with E-state index in [4.69, 9.17) is 0 Å². The Labute approximate surface area is 102 Å². The molecule has 0 saturated carbocycles. The molecular formula is C12H22O3S. The lowest BCUT2D eigenvalue weighted by atomic mass is 10.0. The highest BCUT2D eigenvalue weighted by Gasteiger charge is 2.10. The summed E-state index contributed by atoms with van der Waals surface area (Å²) in [5, 5.41) is -0.0508. The summed E-state index contributed by atoms with van der Waals surface area (Å²) >= 11 is 1.29. The van der Waals surface area contributed by atoms with Gasteiger partial charge in [-0.3, -0.25) is 9.59 Å². The molecule has 0 fully saturated rings. The summed E-state index contributed by atoms with van der Waals surface area (Å²) in [6.45, 7) is 5.54. The van der Waals surface area contributed by atoms with E-state index in [2.05, 4.69) is 18.6 Å². The van der Waals surface area contributed by atoms with Gasteiger partial charge in [-0.25, -0.2) is 0 Å². The fourth-order valence-electron chi connectivity index (χ4n) is 1.31. The average Bonchev–Trinajstić information content (AvgIpc) is 2.26. The first-order valence-corrected chi connectivity index (χ1v) is 6.87. The van der Waals surface area contributed by atoms with Crippen LogP contribution in [-0.2, 0) is 14.3 Å². The molecule has 16 heavy (non-hydrogen) atoms. The number of thioether (sulfide) groups is 1. The van der Waals surface area contributed by atoms with E-state index >= 15 is 0 Å². The van der Waals surface area contributed by atoms with Crippen molar-refractivity contribution in [2.24, 2.45) is 5.92 Å². The highest BCUT2D eigenvalue weighted by Crippen LogP contribution is 2.18. The normalized spacial score (nSPS) is 12.2. The topological polar surface area (TPSA) is 43.4 Å². The van der Waals surface area contributed by atoms with Gasteiger partial charge in [0.2, 0.25) is 5.12 Å². The second kappa shape index (κ2) is 9.70. The Hall–Kier alpha value is -0.510. The number of esters is 1. The van der Waals surface area contributed by atoms with E-state index in [9.17, 15) is 9.59 Å². The van der Waals surface area contributed by atoms with Gasteiger partial charge in [0.1, 0.15) is 0 Å². The van der Waals surface area contributed by atoms with Gasteiger partial charge in [-0.15, -0.1) is 0 Å². The first kappa shape index (κ1) is 15.5. The minimum absolute atomic E-state index is 0.0508. The molecule has 0 spiro atoms. The minimum atomic E-state index is -0.396. The molecule has 0 saturated heterocycles. The van der Waals surface area contributed by atoms with Crippen molar-refractivity contribution in [1.82, 2.24) is 0 Å². The quantitative estimate of drug-likeness (QED) is 0.617. The van der Waals surface area contributed by atoms with Gasteiger partial charge >= 0.3 is 5.97 Å². The Balaban J connectivity index is 3.66. The molecule has 0 N–H and O–H groups in total. The van der Waals surface area contributed by atoms with Crippen molar-refractivity contribution in [2.45, 2.75) is 46.5 Å². The van der Waals surface area contributed by atoms with Gasteiger partial charge in [0.05, 0.1) is 0 Å². The maximum Gasteiger partial charge on any atom is 0.303 e. The van der Waals surface area contributed by atoms with Crippen molar-refractivity contribution >= 4 is 22.8 Å². The fraction of sp³-hybridized carbons (Fsp3) is 0.833. The number of carbonyl (C=O) groups is 2. The Morgan fingerprint density at radius 3 is 2.50 bits per heavy atom. The molecule has 0 amide bonds. The zero-order valence-corrected chi connectivity index (χ0v) is 11.3. The number of ether oxygens (including phenoxy) is 1. The van der Waals surface area contributed by atoms with Crippen LogP contribution in [0.25, 0.3) is 0 Å². The van der Waals surface area contributed by atoms with Crippen LogP contribution in [-0.4, -0.2) is 23.4 Å². The lowest BCUT2D eigenvalue weighted by molar-refractivity contribution is -0.143. The zero-order valence-electron chi connectivity index (χ0n) is 10.5. The van der Waals surface area contributed by atoms with Crippen LogP contribution < -0.4 is 0 Å². The van der Waals surface area contributed by atoms with Gasteiger partial charge in [-0.1, -0.05) is 44.9 Å². The summed E-state index contributed by atoms with van der Waals surface area (Å²) in [6, 6.07) is 0. The lowest BCUT2D eigenvalue weighted by Gasteiger charge is -2.12. The van der Waals surface area contributed by atoms with Gasteiger partial charge in [0, 0.05) is 12.7 Å². The molecule has 4 heteroatoms. The van der Waals surface area contributed by atoms with Crippen LogP contribution in [0.15, 0.2) is 0 Å². The fourth-order valence-corrected chi connectivity index (χ4v) is 2.28. The Kier molecular flexibility index (Phi) is 9.39. The van der Waals surface area contributed by atoms with Crippen LogP contribution in [0.3, 0.4) is 0 Å². The van der Waals surface area contributed by atoms with Crippen LogP contribution in [0.5, 0.6) is 0 Å². The standard InChI is InChI=1S/C12H22O3S/c1-4-6-7-11(5-2)9-16-12(14)8-15-10(3)13/h11H,4-9H2,1-3H3. The highest BCUT2D eigenvalue weighted by molar-refractivity contribution is 8.13. The first-order valence-electron chi connectivity index (χ1n) is 5.89. The predicted octanol–water partition coefficient (Wildman–Crippen LogP) is 3.03. The molecule has 0 heterocycles. The molecule has 3 nitrogen and oxygen atoms in total. The van der Waals surface area contributed by atoms with Crippen molar-refractivity contribution < 1.29 is 14.3 Å². The predicted molar refractivity (Wildman–Crippen MR) is 67.4 cm³/mol. The molecule has 0 radical (unpaired) electrons. The molecule has 0 aromatic rings. The van der Waals surface area contributed by atoms with E-state index in [0.717, 1.165) is 12.2 Å². The van der Waals surface area contributed by atoms with Crippen molar-refractivity contribution in [1.29, 1.82) is 0 Å². The van der Waals surface area contributed by atoms with Gasteiger partial charge < -0.3 is 4.74 Å². The monoisotopic (exact) mass is 246 g/mol. The molecule has 1 unspecified atom stereocenters. The summed E-state index contributed by atoms with van der Waals surface area (Å²) in [5.74, 6) is 1.05. The van der Waals surface area contributed by atoms with Gasteiger partial charge in [0.25, 0.3) is 0 Å². The number of unbranched alkanes of at least 4 members (excludes halogenated alkanes) is 1. The minimum Gasteiger partial charge on any atom is -0.457 e. The Bertz CT molecular complexity index is 216. The van der Waals surface area contributed by atoms with Crippen LogP contribution in [0, 0.1) is 5.92 Å². The van der Waals surface area contributed by atoms with Gasteiger partial charge in [-0.05, 0) is 12.3 Å². The maximum atomic E-state index is 11.3. The van der Waals surface area contributed by atoms with Crippen LogP contribution in [0.4, 0.5) is 0 Å². The third-order valence-electron chi connectivity index (χ3n) is 2.42. The van der Waals surface area contributed by atoms with E-state index < -0.39 is 5.97 Å². The molecular weight excluding hydrogens is 224 g/mol. The summed E-state index contributed by atoms with van der Waals surface area (Å²) < 4.78 is 4.64. The summed E-state index contributed by atoms with van der Waals surface area (Å²) in [4.78, 5) is 21.8. The first-order chi connectivity index (χ1) is 7.60. The number of rotatable bonds is 8. The number of hydrogen-bond donors (Lipinski definition) is 0.